The van der Waals surface area contributed by atoms with Gasteiger partial charge in [-0.3, -0.25) is 0 Å². The molecule has 1 aromatic carbocycles. The summed E-state index contributed by atoms with van der Waals surface area (Å²) in [5.74, 6) is 0.983. The summed E-state index contributed by atoms with van der Waals surface area (Å²) in [6, 6.07) is 7.70. The lowest BCUT2D eigenvalue weighted by Crippen LogP contribution is -2.40. The molecule has 0 bridgehead atoms. The van der Waals surface area contributed by atoms with Crippen LogP contribution in [-0.2, 0) is 0 Å². The van der Waals surface area contributed by atoms with E-state index in [-0.39, 0.29) is 0 Å². The highest BCUT2D eigenvalue weighted by molar-refractivity contribution is 7.99. The lowest BCUT2D eigenvalue weighted by atomic mass is 9.91. The van der Waals surface area contributed by atoms with Gasteiger partial charge in [-0.1, -0.05) is 44.6 Å². The Morgan fingerprint density at radius 3 is 2.31 bits per heavy atom. The second-order valence-corrected chi connectivity index (χ2v) is 9.80. The fraction of sp³-hybridized carbons (Fsp3) is 0.667. The molecule has 3 nitrogen and oxygen atoms in total. The number of ether oxygens (including phenoxy) is 1. The van der Waals surface area contributed by atoms with Crippen LogP contribution in [0, 0.1) is 0 Å². The standard InChI is InChI=1S/C21H30N2OS2/c1-2-24-19-15-9-14-18-20(19)25-21(22-18)26-23(16-10-5-3-6-11-16)17-12-7-4-8-13-17/h9,14-17H,2-8,10-13H2,1H3. The highest BCUT2D eigenvalue weighted by atomic mass is 32.2. The van der Waals surface area contributed by atoms with E-state index in [0.717, 1.165) is 23.3 Å². The molecule has 0 unspecified atom stereocenters. The van der Waals surface area contributed by atoms with Crippen LogP contribution in [0.2, 0.25) is 0 Å². The van der Waals surface area contributed by atoms with Crippen LogP contribution in [-0.4, -0.2) is 28.0 Å². The van der Waals surface area contributed by atoms with Gasteiger partial charge in [0.2, 0.25) is 0 Å². The Kier molecular flexibility index (Phi) is 6.39. The zero-order valence-corrected chi connectivity index (χ0v) is 17.4. The van der Waals surface area contributed by atoms with Gasteiger partial charge in [-0.05, 0) is 56.7 Å². The predicted octanol–water partition coefficient (Wildman–Crippen LogP) is 6.67. The molecule has 2 fully saturated rings. The van der Waals surface area contributed by atoms with Crippen molar-refractivity contribution in [2.24, 2.45) is 0 Å². The van der Waals surface area contributed by atoms with E-state index in [0.29, 0.717) is 6.61 Å². The van der Waals surface area contributed by atoms with Crippen LogP contribution in [0.5, 0.6) is 5.75 Å². The molecule has 142 valence electrons. The van der Waals surface area contributed by atoms with Crippen LogP contribution in [0.15, 0.2) is 22.5 Å². The summed E-state index contributed by atoms with van der Waals surface area (Å²) in [5.41, 5.74) is 1.08. The molecule has 0 amide bonds. The van der Waals surface area contributed by atoms with Gasteiger partial charge >= 0.3 is 0 Å². The zero-order valence-electron chi connectivity index (χ0n) is 15.8. The van der Waals surface area contributed by atoms with Gasteiger partial charge in [0.1, 0.15) is 5.75 Å². The Morgan fingerprint density at radius 1 is 1.04 bits per heavy atom. The number of fused-ring (bicyclic) bond motifs is 1. The first-order valence-electron chi connectivity index (χ1n) is 10.3. The first kappa shape index (κ1) is 18.6. The van der Waals surface area contributed by atoms with Crippen molar-refractivity contribution in [3.8, 4) is 5.75 Å². The maximum Gasteiger partial charge on any atom is 0.166 e. The number of rotatable bonds is 6. The van der Waals surface area contributed by atoms with E-state index in [4.69, 9.17) is 9.72 Å². The quantitative estimate of drug-likeness (QED) is 0.514. The van der Waals surface area contributed by atoms with Crippen LogP contribution in [0.1, 0.15) is 71.1 Å². The van der Waals surface area contributed by atoms with Crippen molar-refractivity contribution in [2.45, 2.75) is 87.6 Å². The Bertz CT molecular complexity index is 687. The number of hydrogen-bond donors (Lipinski definition) is 0. The van der Waals surface area contributed by atoms with E-state index in [1.54, 1.807) is 11.3 Å². The van der Waals surface area contributed by atoms with Crippen molar-refractivity contribution in [1.29, 1.82) is 0 Å². The van der Waals surface area contributed by atoms with Gasteiger partial charge in [-0.25, -0.2) is 9.29 Å². The molecule has 0 atom stereocenters. The molecule has 1 heterocycles. The summed E-state index contributed by atoms with van der Waals surface area (Å²) in [4.78, 5) is 4.94. The van der Waals surface area contributed by atoms with Gasteiger partial charge in [-0.2, -0.15) is 0 Å². The molecule has 1 aromatic heterocycles. The second kappa shape index (κ2) is 8.94. The van der Waals surface area contributed by atoms with Crippen LogP contribution in [0.4, 0.5) is 0 Å². The molecule has 0 radical (unpaired) electrons. The third-order valence-electron chi connectivity index (χ3n) is 5.71. The normalized spacial score (nSPS) is 20.1. The van der Waals surface area contributed by atoms with Crippen molar-refractivity contribution >= 4 is 33.5 Å². The number of thiazole rings is 1. The molecule has 0 N–H and O–H groups in total. The topological polar surface area (TPSA) is 25.4 Å². The zero-order chi connectivity index (χ0) is 17.8. The Labute approximate surface area is 165 Å². The van der Waals surface area contributed by atoms with Crippen LogP contribution in [0.25, 0.3) is 10.2 Å². The smallest absolute Gasteiger partial charge is 0.166 e. The van der Waals surface area contributed by atoms with Gasteiger partial charge in [0.25, 0.3) is 0 Å². The summed E-state index contributed by atoms with van der Waals surface area (Å²) in [6.45, 7) is 2.75. The lowest BCUT2D eigenvalue weighted by Gasteiger charge is -2.40. The maximum atomic E-state index is 5.82. The number of benzene rings is 1. The predicted molar refractivity (Wildman–Crippen MR) is 112 cm³/mol. The van der Waals surface area contributed by atoms with Crippen molar-refractivity contribution < 1.29 is 4.74 Å². The Balaban J connectivity index is 1.58. The van der Waals surface area contributed by atoms with Gasteiger partial charge in [0, 0.05) is 12.1 Å². The molecule has 0 aliphatic heterocycles. The van der Waals surface area contributed by atoms with E-state index >= 15 is 0 Å². The van der Waals surface area contributed by atoms with Crippen molar-refractivity contribution in [3.05, 3.63) is 18.2 Å². The largest absolute Gasteiger partial charge is 0.492 e. The summed E-state index contributed by atoms with van der Waals surface area (Å²) >= 11 is 3.74. The van der Waals surface area contributed by atoms with Gasteiger partial charge in [0.15, 0.2) is 4.34 Å². The third kappa shape index (κ3) is 4.20. The summed E-state index contributed by atoms with van der Waals surface area (Å²) in [6.07, 6.45) is 13.8. The highest BCUT2D eigenvalue weighted by Gasteiger charge is 2.30. The van der Waals surface area contributed by atoms with Crippen molar-refractivity contribution in [2.75, 3.05) is 6.61 Å². The molecule has 2 aliphatic carbocycles. The van der Waals surface area contributed by atoms with Crippen LogP contribution >= 0.6 is 23.3 Å². The summed E-state index contributed by atoms with van der Waals surface area (Å²) in [7, 11) is 0. The minimum absolute atomic E-state index is 0.704. The van der Waals surface area contributed by atoms with E-state index in [1.165, 1.54) is 73.2 Å². The fourth-order valence-electron chi connectivity index (χ4n) is 4.42. The average Bonchev–Trinajstić information content (AvgIpc) is 3.11. The Hall–Kier alpha value is -0.780. The SMILES string of the molecule is CCOc1cccc2nc(SN(C3CCCCC3)C3CCCCC3)sc12. The maximum absolute atomic E-state index is 5.82. The molecule has 0 saturated heterocycles. The second-order valence-electron chi connectivity index (χ2n) is 7.55. The molecule has 26 heavy (non-hydrogen) atoms. The molecular formula is C21H30N2OS2. The third-order valence-corrected chi connectivity index (χ3v) is 8.12. The monoisotopic (exact) mass is 390 g/mol. The summed E-state index contributed by atoms with van der Waals surface area (Å²) < 4.78 is 11.0. The molecule has 5 heteroatoms. The van der Waals surface area contributed by atoms with Gasteiger partial charge in [0.05, 0.1) is 16.8 Å². The first-order chi connectivity index (χ1) is 12.8. The minimum atomic E-state index is 0.704. The van der Waals surface area contributed by atoms with Gasteiger partial charge < -0.3 is 4.74 Å². The molecule has 4 rings (SSSR count). The van der Waals surface area contributed by atoms with Crippen molar-refractivity contribution in [3.63, 3.8) is 0 Å². The summed E-state index contributed by atoms with van der Waals surface area (Å²) in [5, 5.41) is 0. The molecular weight excluding hydrogens is 360 g/mol. The van der Waals surface area contributed by atoms with Gasteiger partial charge in [-0.15, -0.1) is 11.3 Å². The van der Waals surface area contributed by atoms with Crippen molar-refractivity contribution in [1.82, 2.24) is 9.29 Å². The van der Waals surface area contributed by atoms with E-state index in [2.05, 4.69) is 22.5 Å². The first-order valence-corrected chi connectivity index (χ1v) is 11.9. The molecule has 2 aromatic rings. The number of hydrogen-bond acceptors (Lipinski definition) is 5. The average molecular weight is 391 g/mol. The van der Waals surface area contributed by atoms with Crippen LogP contribution in [0.3, 0.4) is 0 Å². The highest BCUT2D eigenvalue weighted by Crippen LogP contribution is 2.42. The number of nitrogens with zero attached hydrogens (tertiary/aromatic N) is 2. The van der Waals surface area contributed by atoms with E-state index in [1.807, 2.05) is 18.9 Å². The lowest BCUT2D eigenvalue weighted by molar-refractivity contribution is 0.185. The minimum Gasteiger partial charge on any atom is -0.492 e. The van der Waals surface area contributed by atoms with E-state index in [9.17, 15) is 0 Å². The molecule has 0 spiro atoms. The molecule has 2 saturated carbocycles. The van der Waals surface area contributed by atoms with E-state index < -0.39 is 0 Å². The Morgan fingerprint density at radius 2 is 1.69 bits per heavy atom. The molecule has 2 aliphatic rings. The fourth-order valence-corrected chi connectivity index (χ4v) is 6.88. The van der Waals surface area contributed by atoms with Crippen LogP contribution < -0.4 is 4.74 Å². The number of aromatic nitrogens is 1.